The van der Waals surface area contributed by atoms with E-state index in [1.54, 1.807) is 20.8 Å². The minimum absolute atomic E-state index is 0. The Balaban J connectivity index is 0.00000625. The summed E-state index contributed by atoms with van der Waals surface area (Å²) < 4.78 is 53.5. The zero-order chi connectivity index (χ0) is 19.3. The van der Waals surface area contributed by atoms with Crippen LogP contribution in [-0.4, -0.2) is 26.6 Å². The average Bonchev–Trinajstić information content (AvgIpc) is 2.54. The lowest BCUT2D eigenvalue weighted by Gasteiger charge is -2.28. The number of hydrogen-bond acceptors (Lipinski definition) is 4. The van der Waals surface area contributed by atoms with E-state index in [-0.39, 0.29) is 30.4 Å². The number of amides is 1. The Kier molecular flexibility index (Phi) is 9.47. The molecule has 0 aliphatic carbocycles. The Hall–Kier alpha value is -1.45. The van der Waals surface area contributed by atoms with E-state index in [4.69, 9.17) is 5.73 Å². The average molecular weight is 414 g/mol. The highest BCUT2D eigenvalue weighted by Crippen LogP contribution is 2.30. The van der Waals surface area contributed by atoms with Crippen molar-refractivity contribution in [3.05, 3.63) is 23.8 Å². The molecule has 0 saturated heterocycles. The van der Waals surface area contributed by atoms with Crippen molar-refractivity contribution in [2.75, 3.05) is 22.3 Å². The number of rotatable bonds is 9. The molecule has 1 aromatic rings. The predicted octanol–water partition coefficient (Wildman–Crippen LogP) is 3.24. The molecule has 0 aliphatic rings. The van der Waals surface area contributed by atoms with Crippen molar-refractivity contribution in [3.63, 3.8) is 0 Å². The second-order valence-electron chi connectivity index (χ2n) is 5.88. The van der Waals surface area contributed by atoms with E-state index in [1.807, 2.05) is 0 Å². The Morgan fingerprint density at radius 3 is 2.12 bits per heavy atom. The molecule has 1 aromatic carbocycles. The Bertz CT molecular complexity index is 717. The van der Waals surface area contributed by atoms with Crippen LogP contribution in [0.4, 0.5) is 20.2 Å². The second kappa shape index (κ2) is 10.0. The number of halogens is 3. The number of hydrogen-bond donors (Lipinski definition) is 3. The molecule has 0 aromatic heterocycles. The summed E-state index contributed by atoms with van der Waals surface area (Å²) in [4.78, 5) is 12.5. The van der Waals surface area contributed by atoms with E-state index in [9.17, 15) is 22.0 Å². The van der Waals surface area contributed by atoms with Crippen molar-refractivity contribution in [3.8, 4) is 0 Å². The third kappa shape index (κ3) is 5.78. The van der Waals surface area contributed by atoms with Gasteiger partial charge < -0.3 is 11.1 Å². The molecule has 1 amide bonds. The lowest BCUT2D eigenvalue weighted by atomic mass is 9.81. The maximum Gasteiger partial charge on any atom is 0.232 e. The van der Waals surface area contributed by atoms with Crippen molar-refractivity contribution in [2.24, 2.45) is 11.1 Å². The summed E-state index contributed by atoms with van der Waals surface area (Å²) >= 11 is 0. The summed E-state index contributed by atoms with van der Waals surface area (Å²) in [6, 6.07) is 1.46. The summed E-state index contributed by atoms with van der Waals surface area (Å²) in [6.07, 6.45) is 1.24. The molecule has 0 atom stereocenters. The number of benzene rings is 1. The van der Waals surface area contributed by atoms with Crippen LogP contribution in [0.1, 0.15) is 40.0 Å². The van der Waals surface area contributed by atoms with Crippen molar-refractivity contribution < 1.29 is 22.0 Å². The van der Waals surface area contributed by atoms with Crippen LogP contribution in [-0.2, 0) is 14.8 Å². The van der Waals surface area contributed by atoms with Gasteiger partial charge in [-0.05, 0) is 25.3 Å². The number of anilines is 2. The fraction of sp³-hybridized carbons (Fsp3) is 0.562. The Morgan fingerprint density at radius 1 is 1.12 bits per heavy atom. The van der Waals surface area contributed by atoms with E-state index in [0.29, 0.717) is 25.3 Å². The third-order valence-corrected chi connectivity index (χ3v) is 5.75. The largest absolute Gasteiger partial charge is 0.329 e. The van der Waals surface area contributed by atoms with Gasteiger partial charge in [0.1, 0.15) is 11.6 Å². The van der Waals surface area contributed by atoms with E-state index >= 15 is 0 Å². The SMILES string of the molecule is CCCS(=O)(=O)Nc1cc(NC(=O)C(CC)(CC)CN)c(F)cc1F.Cl. The quantitative estimate of drug-likeness (QED) is 0.578. The fourth-order valence-electron chi connectivity index (χ4n) is 2.42. The minimum atomic E-state index is -3.75. The van der Waals surface area contributed by atoms with Crippen molar-refractivity contribution in [1.29, 1.82) is 0 Å². The van der Waals surface area contributed by atoms with Gasteiger partial charge in [0, 0.05) is 12.6 Å². The number of nitrogens with two attached hydrogens (primary N) is 1. The topological polar surface area (TPSA) is 101 Å². The van der Waals surface area contributed by atoms with Gasteiger partial charge in [-0.25, -0.2) is 17.2 Å². The van der Waals surface area contributed by atoms with Gasteiger partial charge in [0.25, 0.3) is 0 Å². The first-order chi connectivity index (χ1) is 11.6. The normalized spacial score (nSPS) is 11.6. The van der Waals surface area contributed by atoms with Crippen LogP contribution in [0.25, 0.3) is 0 Å². The van der Waals surface area contributed by atoms with Gasteiger partial charge in [-0.2, -0.15) is 0 Å². The minimum Gasteiger partial charge on any atom is -0.329 e. The molecule has 0 unspecified atom stereocenters. The predicted molar refractivity (Wildman–Crippen MR) is 102 cm³/mol. The molecule has 1 rings (SSSR count). The lowest BCUT2D eigenvalue weighted by molar-refractivity contribution is -0.125. The summed E-state index contributed by atoms with van der Waals surface area (Å²) in [7, 11) is -3.75. The molecule has 6 nitrogen and oxygen atoms in total. The molecule has 4 N–H and O–H groups in total. The van der Waals surface area contributed by atoms with Crippen molar-refractivity contribution >= 4 is 39.7 Å². The molecule has 10 heteroatoms. The highest BCUT2D eigenvalue weighted by molar-refractivity contribution is 7.92. The maximum atomic E-state index is 14.0. The first kappa shape index (κ1) is 24.6. The van der Waals surface area contributed by atoms with Gasteiger partial charge in [-0.3, -0.25) is 9.52 Å². The van der Waals surface area contributed by atoms with Gasteiger partial charge in [0.2, 0.25) is 15.9 Å². The molecule has 0 saturated carbocycles. The van der Waals surface area contributed by atoms with Crippen molar-refractivity contribution in [1.82, 2.24) is 0 Å². The van der Waals surface area contributed by atoms with Gasteiger partial charge in [0.15, 0.2) is 0 Å². The van der Waals surface area contributed by atoms with Crippen molar-refractivity contribution in [2.45, 2.75) is 40.0 Å². The van der Waals surface area contributed by atoms with E-state index in [0.717, 1.165) is 6.07 Å². The van der Waals surface area contributed by atoms with Gasteiger partial charge >= 0.3 is 0 Å². The van der Waals surface area contributed by atoms with Gasteiger partial charge in [0.05, 0.1) is 22.5 Å². The first-order valence-electron chi connectivity index (χ1n) is 8.15. The highest BCUT2D eigenvalue weighted by Gasteiger charge is 2.34. The van der Waals surface area contributed by atoms with Crippen LogP contribution >= 0.6 is 12.4 Å². The summed E-state index contributed by atoms with van der Waals surface area (Å²) in [6.45, 7) is 5.32. The maximum absolute atomic E-state index is 14.0. The van der Waals surface area contributed by atoms with E-state index < -0.39 is 38.7 Å². The zero-order valence-electron chi connectivity index (χ0n) is 15.1. The van der Waals surface area contributed by atoms with Crippen LogP contribution < -0.4 is 15.8 Å². The molecule has 0 radical (unpaired) electrons. The highest BCUT2D eigenvalue weighted by atomic mass is 35.5. The molecule has 0 aliphatic heterocycles. The standard InChI is InChI=1S/C16H25F2N3O3S.ClH/c1-4-7-25(23,24)21-14-9-13(11(17)8-12(14)18)20-15(22)16(5-2,6-3)10-19;/h8-9,21H,4-7,10,19H2,1-3H3,(H,20,22);1H. The van der Waals surface area contributed by atoms with Crippen LogP contribution in [0.15, 0.2) is 12.1 Å². The van der Waals surface area contributed by atoms with Gasteiger partial charge in [-0.1, -0.05) is 20.8 Å². The molecular formula is C16H26ClF2N3O3S. The first-order valence-corrected chi connectivity index (χ1v) is 9.81. The fourth-order valence-corrected chi connectivity index (χ4v) is 3.55. The second-order valence-corrected chi connectivity index (χ2v) is 7.72. The number of carbonyl (C=O) groups is 1. The monoisotopic (exact) mass is 413 g/mol. The summed E-state index contributed by atoms with van der Waals surface area (Å²) in [5.74, 6) is -2.76. The van der Waals surface area contributed by atoms with E-state index in [2.05, 4.69) is 10.0 Å². The molecule has 0 spiro atoms. The number of nitrogens with one attached hydrogen (secondary N) is 2. The number of carbonyl (C=O) groups excluding carboxylic acids is 1. The summed E-state index contributed by atoms with van der Waals surface area (Å²) in [5.41, 5.74) is 4.09. The lowest BCUT2D eigenvalue weighted by Crippen LogP contribution is -2.41. The van der Waals surface area contributed by atoms with Gasteiger partial charge in [-0.15, -0.1) is 12.4 Å². The Morgan fingerprint density at radius 2 is 1.65 bits per heavy atom. The molecule has 0 bridgehead atoms. The van der Waals surface area contributed by atoms with Crippen LogP contribution in [0.3, 0.4) is 0 Å². The summed E-state index contributed by atoms with van der Waals surface area (Å²) in [5, 5.41) is 2.39. The van der Waals surface area contributed by atoms with Crippen LogP contribution in [0.2, 0.25) is 0 Å². The molecular weight excluding hydrogens is 388 g/mol. The molecule has 26 heavy (non-hydrogen) atoms. The number of sulfonamides is 1. The van der Waals surface area contributed by atoms with Crippen LogP contribution in [0.5, 0.6) is 0 Å². The third-order valence-electron chi connectivity index (χ3n) is 4.27. The van der Waals surface area contributed by atoms with Crippen LogP contribution in [0, 0.1) is 17.0 Å². The zero-order valence-corrected chi connectivity index (χ0v) is 16.7. The Labute approximate surface area is 159 Å². The smallest absolute Gasteiger partial charge is 0.232 e. The molecule has 0 heterocycles. The molecule has 150 valence electrons. The van der Waals surface area contributed by atoms with E-state index in [1.165, 1.54) is 0 Å². The molecule has 0 fully saturated rings.